The lowest BCUT2D eigenvalue weighted by atomic mass is 9.99. The minimum atomic E-state index is -3.22. The van der Waals surface area contributed by atoms with E-state index in [4.69, 9.17) is 16.1 Å². The van der Waals surface area contributed by atoms with Crippen LogP contribution in [0.15, 0.2) is 22.7 Å². The van der Waals surface area contributed by atoms with Gasteiger partial charge in [-0.2, -0.15) is 4.98 Å². The van der Waals surface area contributed by atoms with Crippen molar-refractivity contribution in [3.8, 4) is 0 Å². The summed E-state index contributed by atoms with van der Waals surface area (Å²) in [6.45, 7) is 2.15. The fraction of sp³-hybridized carbons (Fsp3) is 0.500. The Morgan fingerprint density at radius 3 is 2.85 bits per heavy atom. The maximum Gasteiger partial charge on any atom is 0.232 e. The largest absolute Gasteiger partial charge is 0.339 e. The molecule has 0 N–H and O–H groups in total. The van der Waals surface area contributed by atoms with E-state index in [0.29, 0.717) is 54.9 Å². The van der Waals surface area contributed by atoms with Crippen molar-refractivity contribution in [3.63, 3.8) is 0 Å². The summed E-state index contributed by atoms with van der Waals surface area (Å²) >= 11 is 5.91. The van der Waals surface area contributed by atoms with Crippen molar-refractivity contribution in [3.05, 3.63) is 46.3 Å². The lowest BCUT2D eigenvalue weighted by molar-refractivity contribution is 0.116. The van der Waals surface area contributed by atoms with Crippen molar-refractivity contribution in [1.29, 1.82) is 0 Å². The van der Waals surface area contributed by atoms with E-state index in [9.17, 15) is 12.8 Å². The van der Waals surface area contributed by atoms with Gasteiger partial charge < -0.3 is 4.52 Å². The Bertz CT molecular complexity index is 883. The second-order valence-corrected chi connectivity index (χ2v) is 9.04. The SMILES string of the molecule is CN(CCc1noc(C2CN(Cc3cc(Cl)ccc3F)C2)n1)S(C)(=O)=O. The second kappa shape index (κ2) is 7.59. The number of halogens is 2. The second-order valence-electron chi connectivity index (χ2n) is 6.51. The minimum Gasteiger partial charge on any atom is -0.339 e. The van der Waals surface area contributed by atoms with Crippen molar-refractivity contribution < 1.29 is 17.3 Å². The highest BCUT2D eigenvalue weighted by Crippen LogP contribution is 2.28. The minimum absolute atomic E-state index is 0.103. The molecule has 0 saturated carbocycles. The molecule has 26 heavy (non-hydrogen) atoms. The Morgan fingerprint density at radius 2 is 2.15 bits per heavy atom. The molecule has 7 nitrogen and oxygen atoms in total. The summed E-state index contributed by atoms with van der Waals surface area (Å²) in [4.78, 5) is 6.41. The van der Waals surface area contributed by atoms with E-state index in [1.165, 1.54) is 23.5 Å². The Hall–Kier alpha value is -1.55. The molecule has 2 aromatic rings. The molecule has 3 rings (SSSR count). The molecule has 10 heteroatoms. The summed E-state index contributed by atoms with van der Waals surface area (Å²) in [6, 6.07) is 4.53. The number of rotatable bonds is 7. The molecule has 1 saturated heterocycles. The van der Waals surface area contributed by atoms with Crippen LogP contribution in [-0.4, -0.2) is 60.7 Å². The molecule has 0 atom stereocenters. The molecule has 2 heterocycles. The van der Waals surface area contributed by atoms with Gasteiger partial charge in [0.1, 0.15) is 5.82 Å². The number of benzene rings is 1. The van der Waals surface area contributed by atoms with Gasteiger partial charge in [0, 0.05) is 50.2 Å². The van der Waals surface area contributed by atoms with Crippen LogP contribution in [0.25, 0.3) is 0 Å². The first-order chi connectivity index (χ1) is 12.2. The first kappa shape index (κ1) is 19.2. The van der Waals surface area contributed by atoms with E-state index in [2.05, 4.69) is 15.0 Å². The molecule has 0 bridgehead atoms. The summed E-state index contributed by atoms with van der Waals surface area (Å²) in [5, 5.41) is 4.42. The smallest absolute Gasteiger partial charge is 0.232 e. The van der Waals surface area contributed by atoms with Crippen LogP contribution in [0.1, 0.15) is 23.2 Å². The first-order valence-corrected chi connectivity index (χ1v) is 10.3. The van der Waals surface area contributed by atoms with E-state index in [1.807, 2.05) is 0 Å². The molecule has 0 aliphatic carbocycles. The highest BCUT2D eigenvalue weighted by molar-refractivity contribution is 7.88. The Kier molecular flexibility index (Phi) is 5.61. The maximum absolute atomic E-state index is 13.8. The molecule has 142 valence electrons. The Balaban J connectivity index is 1.50. The fourth-order valence-corrected chi connectivity index (χ4v) is 3.34. The molecule has 0 amide bonds. The number of hydrogen-bond donors (Lipinski definition) is 0. The van der Waals surface area contributed by atoms with E-state index < -0.39 is 10.0 Å². The van der Waals surface area contributed by atoms with Gasteiger partial charge in [-0.05, 0) is 18.2 Å². The van der Waals surface area contributed by atoms with Crippen LogP contribution < -0.4 is 0 Å². The molecular formula is C16H20ClFN4O3S. The van der Waals surface area contributed by atoms with Gasteiger partial charge in [-0.3, -0.25) is 4.90 Å². The molecular weight excluding hydrogens is 383 g/mol. The molecule has 1 aliphatic rings. The quantitative estimate of drug-likeness (QED) is 0.703. The number of sulfonamides is 1. The third kappa shape index (κ3) is 4.59. The van der Waals surface area contributed by atoms with Gasteiger partial charge in [-0.1, -0.05) is 16.8 Å². The number of nitrogens with zero attached hydrogens (tertiary/aromatic N) is 4. The van der Waals surface area contributed by atoms with Crippen LogP contribution in [0, 0.1) is 5.82 Å². The van der Waals surface area contributed by atoms with Gasteiger partial charge in [-0.25, -0.2) is 17.1 Å². The number of aromatic nitrogens is 2. The lowest BCUT2D eigenvalue weighted by Gasteiger charge is -2.37. The number of likely N-dealkylation sites (tertiary alicyclic amines) is 1. The Labute approximate surface area is 156 Å². The normalized spacial score (nSPS) is 16.2. The van der Waals surface area contributed by atoms with Crippen LogP contribution in [0.4, 0.5) is 4.39 Å². The lowest BCUT2D eigenvalue weighted by Crippen LogP contribution is -2.44. The molecule has 0 spiro atoms. The predicted molar refractivity (Wildman–Crippen MR) is 94.9 cm³/mol. The summed E-state index contributed by atoms with van der Waals surface area (Å²) in [7, 11) is -1.71. The third-order valence-electron chi connectivity index (χ3n) is 4.41. The van der Waals surface area contributed by atoms with Gasteiger partial charge in [0.2, 0.25) is 15.9 Å². The van der Waals surface area contributed by atoms with Crippen molar-refractivity contribution in [2.75, 3.05) is 32.9 Å². The Morgan fingerprint density at radius 1 is 1.42 bits per heavy atom. The van der Waals surface area contributed by atoms with Crippen molar-refractivity contribution >= 4 is 21.6 Å². The fourth-order valence-electron chi connectivity index (χ4n) is 2.72. The maximum atomic E-state index is 13.8. The summed E-state index contributed by atoms with van der Waals surface area (Å²) < 4.78 is 43.0. The van der Waals surface area contributed by atoms with Crippen LogP contribution in [0.5, 0.6) is 0 Å². The van der Waals surface area contributed by atoms with Crippen LogP contribution in [0.2, 0.25) is 5.02 Å². The zero-order valence-corrected chi connectivity index (χ0v) is 16.1. The molecule has 1 fully saturated rings. The summed E-state index contributed by atoms with van der Waals surface area (Å²) in [5.41, 5.74) is 0.561. The standard InChI is InChI=1S/C16H20ClFN4O3S/c1-21(26(2,23)24)6-5-15-19-16(25-20-15)12-9-22(10-12)8-11-7-13(17)3-4-14(11)18/h3-4,7,12H,5-6,8-10H2,1-2H3. The first-order valence-electron chi connectivity index (χ1n) is 8.12. The van der Waals surface area contributed by atoms with E-state index in [1.54, 1.807) is 6.07 Å². The number of likely N-dealkylation sites (N-methyl/N-ethyl adjacent to an activating group) is 1. The molecule has 0 unspecified atom stereocenters. The predicted octanol–water partition coefficient (Wildman–Crippen LogP) is 1.90. The van der Waals surface area contributed by atoms with E-state index in [0.717, 1.165) is 6.26 Å². The zero-order valence-electron chi connectivity index (χ0n) is 14.5. The average Bonchev–Trinajstić information content (AvgIpc) is 2.98. The van der Waals surface area contributed by atoms with Gasteiger partial charge in [0.05, 0.1) is 12.2 Å². The zero-order chi connectivity index (χ0) is 18.9. The van der Waals surface area contributed by atoms with Crippen molar-refractivity contribution in [2.45, 2.75) is 18.9 Å². The molecule has 1 aliphatic heterocycles. The van der Waals surface area contributed by atoms with E-state index in [-0.39, 0.29) is 11.7 Å². The van der Waals surface area contributed by atoms with E-state index >= 15 is 0 Å². The average molecular weight is 403 g/mol. The number of hydrogen-bond acceptors (Lipinski definition) is 6. The van der Waals surface area contributed by atoms with Crippen LogP contribution >= 0.6 is 11.6 Å². The summed E-state index contributed by atoms with van der Waals surface area (Å²) in [5.74, 6) is 0.846. The third-order valence-corrected chi connectivity index (χ3v) is 5.96. The molecule has 0 radical (unpaired) electrons. The van der Waals surface area contributed by atoms with Crippen molar-refractivity contribution in [2.24, 2.45) is 0 Å². The summed E-state index contributed by atoms with van der Waals surface area (Å²) in [6.07, 6.45) is 1.54. The highest BCUT2D eigenvalue weighted by atomic mass is 35.5. The van der Waals surface area contributed by atoms with Crippen LogP contribution in [-0.2, 0) is 23.0 Å². The van der Waals surface area contributed by atoms with Gasteiger partial charge in [0.25, 0.3) is 0 Å². The molecule has 1 aromatic heterocycles. The highest BCUT2D eigenvalue weighted by Gasteiger charge is 2.33. The van der Waals surface area contributed by atoms with Gasteiger partial charge in [0.15, 0.2) is 5.82 Å². The molecule has 1 aromatic carbocycles. The topological polar surface area (TPSA) is 79.5 Å². The van der Waals surface area contributed by atoms with Gasteiger partial charge in [-0.15, -0.1) is 0 Å². The van der Waals surface area contributed by atoms with Gasteiger partial charge >= 0.3 is 0 Å². The van der Waals surface area contributed by atoms with Crippen LogP contribution in [0.3, 0.4) is 0 Å². The monoisotopic (exact) mass is 402 g/mol. The van der Waals surface area contributed by atoms with Crippen molar-refractivity contribution in [1.82, 2.24) is 19.3 Å².